The monoisotopic (exact) mass is 598 g/mol. The number of alkyl halides is 15. The van der Waals surface area contributed by atoms with E-state index in [2.05, 4.69) is 4.74 Å². The van der Waals surface area contributed by atoms with E-state index in [0.29, 0.717) is 6.07 Å². The van der Waals surface area contributed by atoms with Crippen molar-refractivity contribution in [1.29, 1.82) is 0 Å². The number of hydrogen-bond donors (Lipinski definition) is 2. The van der Waals surface area contributed by atoms with Gasteiger partial charge in [0.05, 0.1) is 13.2 Å². The van der Waals surface area contributed by atoms with E-state index in [1.54, 1.807) is 0 Å². The number of halogens is 17. The highest BCUT2D eigenvalue weighted by Crippen LogP contribution is 2.63. The molecule has 1 aromatic rings. The molecule has 1 aromatic carbocycles. The van der Waals surface area contributed by atoms with Crippen molar-refractivity contribution < 1.29 is 89.6 Å². The fourth-order valence-electron chi connectivity index (χ4n) is 2.54. The van der Waals surface area contributed by atoms with Crippen LogP contribution >= 0.6 is 0 Å². The number of rotatable bonds is 10. The van der Waals surface area contributed by atoms with E-state index in [9.17, 15) is 74.6 Å². The lowest BCUT2D eigenvalue weighted by Crippen LogP contribution is -2.72. The van der Waals surface area contributed by atoms with Crippen LogP contribution in [0.2, 0.25) is 0 Å². The van der Waals surface area contributed by atoms with Crippen LogP contribution in [0.4, 0.5) is 74.6 Å². The van der Waals surface area contributed by atoms with Gasteiger partial charge in [-0.15, -0.1) is 0 Å². The van der Waals surface area contributed by atoms with Gasteiger partial charge in [0.15, 0.2) is 0 Å². The Morgan fingerprint density at radius 3 is 1.47 bits per heavy atom. The predicted molar refractivity (Wildman–Crippen MR) is 88.6 cm³/mol. The van der Waals surface area contributed by atoms with Crippen molar-refractivity contribution in [2.24, 2.45) is 0 Å². The van der Waals surface area contributed by atoms with Gasteiger partial charge in [-0.2, -0.15) is 74.6 Å². The summed E-state index contributed by atoms with van der Waals surface area (Å²) in [5, 5.41) is 18.1. The Morgan fingerprint density at radius 1 is 0.658 bits per heavy atom. The third kappa shape index (κ3) is 4.84. The van der Waals surface area contributed by atoms with Crippen LogP contribution in [-0.2, 0) is 13.2 Å². The molecular formula is C18H11F17O3. The second kappa shape index (κ2) is 9.91. The van der Waals surface area contributed by atoms with Crippen LogP contribution in [0.25, 0.3) is 0 Å². The molecule has 0 aliphatic carbocycles. The van der Waals surface area contributed by atoms with Gasteiger partial charge in [-0.05, 0) is 29.7 Å². The van der Waals surface area contributed by atoms with Crippen LogP contribution in [0, 0.1) is 6.92 Å². The lowest BCUT2D eigenvalue weighted by atomic mass is 9.91. The zero-order valence-corrected chi connectivity index (χ0v) is 17.8. The molecule has 0 aromatic heterocycles. The molecule has 3 nitrogen and oxygen atoms in total. The predicted octanol–water partition coefficient (Wildman–Crippen LogP) is 6.84. The SMILES string of the molecule is Cc1c(CO)cc(CO)cc1OC(F)=C(F)C(F)(F)C(F)(F)C(F)(F)C(F)(F)C(F)(F)C(F)(F)C(F)(F)F. The van der Waals surface area contributed by atoms with E-state index in [-0.39, 0.29) is 11.1 Å². The molecule has 0 heterocycles. The molecule has 0 aliphatic heterocycles. The van der Waals surface area contributed by atoms with Crippen LogP contribution in [0.5, 0.6) is 5.75 Å². The number of benzene rings is 1. The molecule has 0 atom stereocenters. The lowest BCUT2D eigenvalue weighted by Gasteiger charge is -2.41. The van der Waals surface area contributed by atoms with Crippen molar-refractivity contribution in [1.82, 2.24) is 0 Å². The van der Waals surface area contributed by atoms with Crippen LogP contribution < -0.4 is 4.74 Å². The third-order valence-electron chi connectivity index (χ3n) is 4.86. The highest BCUT2D eigenvalue weighted by Gasteiger charge is 2.93. The molecule has 0 spiro atoms. The molecule has 0 unspecified atom stereocenters. The van der Waals surface area contributed by atoms with Gasteiger partial charge in [-0.1, -0.05) is 6.07 Å². The Morgan fingerprint density at radius 2 is 1.08 bits per heavy atom. The maximum atomic E-state index is 13.9. The van der Waals surface area contributed by atoms with Crippen LogP contribution in [0.1, 0.15) is 16.7 Å². The minimum absolute atomic E-state index is 0.309. The largest absolute Gasteiger partial charge is 0.460 e. The first-order valence-electron chi connectivity index (χ1n) is 9.12. The van der Waals surface area contributed by atoms with Crippen LogP contribution in [0.3, 0.4) is 0 Å². The fourth-order valence-corrected chi connectivity index (χ4v) is 2.54. The molecule has 2 N–H and O–H groups in total. The van der Waals surface area contributed by atoms with Crippen molar-refractivity contribution in [3.63, 3.8) is 0 Å². The summed E-state index contributed by atoms with van der Waals surface area (Å²) in [5.74, 6) is -55.7. The van der Waals surface area contributed by atoms with E-state index in [0.717, 1.165) is 13.0 Å². The Hall–Kier alpha value is -2.51. The molecular weight excluding hydrogens is 587 g/mol. The van der Waals surface area contributed by atoms with Gasteiger partial charge in [0.25, 0.3) is 0 Å². The van der Waals surface area contributed by atoms with Gasteiger partial charge >= 0.3 is 47.7 Å². The summed E-state index contributed by atoms with van der Waals surface area (Å²) < 4.78 is 229. The van der Waals surface area contributed by atoms with Gasteiger partial charge < -0.3 is 14.9 Å². The van der Waals surface area contributed by atoms with Gasteiger partial charge in [0.2, 0.25) is 5.83 Å². The normalized spacial score (nSPS) is 15.5. The van der Waals surface area contributed by atoms with E-state index < -0.39 is 78.1 Å². The number of aliphatic hydroxyl groups is 2. The average Bonchev–Trinajstić information content (AvgIpc) is 2.78. The summed E-state index contributed by atoms with van der Waals surface area (Å²) in [6, 6.07) is -2.17. The van der Waals surface area contributed by atoms with E-state index >= 15 is 0 Å². The molecule has 1 rings (SSSR count). The standard InChI is InChI=1S/C18H11F17O3/c1-6-8(5-37)2-7(4-36)3-9(6)38-11(20)10(19)12(21,22)13(23,24)14(25,26)15(27,28)16(29,30)17(31,32)18(33,34)35/h2-3,36-37H,4-5H2,1H3. The first-order valence-corrected chi connectivity index (χ1v) is 9.12. The van der Waals surface area contributed by atoms with Crippen molar-refractivity contribution in [2.45, 2.75) is 61.8 Å². The van der Waals surface area contributed by atoms with E-state index in [1.807, 2.05) is 0 Å². The Labute approximate surface area is 199 Å². The Kier molecular flexibility index (Phi) is 8.74. The van der Waals surface area contributed by atoms with Crippen molar-refractivity contribution in [3.8, 4) is 5.75 Å². The van der Waals surface area contributed by atoms with Gasteiger partial charge in [-0.25, -0.2) is 0 Å². The fraction of sp³-hybridized carbons (Fsp3) is 0.556. The molecule has 0 radical (unpaired) electrons. The molecule has 38 heavy (non-hydrogen) atoms. The summed E-state index contributed by atoms with van der Waals surface area (Å²) >= 11 is 0. The molecule has 0 aliphatic rings. The molecule has 0 amide bonds. The van der Waals surface area contributed by atoms with Gasteiger partial charge in [0, 0.05) is 0 Å². The average molecular weight is 598 g/mol. The molecule has 0 bridgehead atoms. The number of hydrogen-bond acceptors (Lipinski definition) is 3. The molecule has 0 saturated heterocycles. The first kappa shape index (κ1) is 33.5. The summed E-state index contributed by atoms with van der Waals surface area (Å²) in [6.07, 6.45) is -7.81. The summed E-state index contributed by atoms with van der Waals surface area (Å²) in [7, 11) is 0. The third-order valence-corrected chi connectivity index (χ3v) is 4.86. The molecule has 0 fully saturated rings. The van der Waals surface area contributed by atoms with E-state index in [1.165, 1.54) is 0 Å². The quantitative estimate of drug-likeness (QED) is 0.229. The minimum atomic E-state index is -8.67. The molecule has 220 valence electrons. The Bertz CT molecular complexity index is 1060. The second-order valence-corrected chi connectivity index (χ2v) is 7.33. The maximum absolute atomic E-state index is 13.9. The summed E-state index contributed by atoms with van der Waals surface area (Å²) in [5.41, 5.74) is -1.15. The highest BCUT2D eigenvalue weighted by molar-refractivity contribution is 5.43. The van der Waals surface area contributed by atoms with Gasteiger partial charge in [-0.3, -0.25) is 0 Å². The first-order chi connectivity index (χ1) is 16.7. The maximum Gasteiger partial charge on any atom is 0.460 e. The zero-order valence-electron chi connectivity index (χ0n) is 17.8. The lowest BCUT2D eigenvalue weighted by molar-refractivity contribution is -0.451. The minimum Gasteiger partial charge on any atom is -0.429 e. The smallest absolute Gasteiger partial charge is 0.429 e. The van der Waals surface area contributed by atoms with Crippen molar-refractivity contribution in [2.75, 3.05) is 0 Å². The number of ether oxygens (including phenoxy) is 1. The van der Waals surface area contributed by atoms with Crippen LogP contribution in [0.15, 0.2) is 24.0 Å². The second-order valence-electron chi connectivity index (χ2n) is 7.33. The van der Waals surface area contributed by atoms with Crippen molar-refractivity contribution >= 4 is 0 Å². The number of allylic oxidation sites excluding steroid dienone is 1. The van der Waals surface area contributed by atoms with E-state index in [4.69, 9.17) is 10.2 Å². The molecule has 0 saturated carbocycles. The topological polar surface area (TPSA) is 49.7 Å². The summed E-state index contributed by atoms with van der Waals surface area (Å²) in [4.78, 5) is 0. The van der Waals surface area contributed by atoms with Gasteiger partial charge in [0.1, 0.15) is 5.75 Å². The highest BCUT2D eigenvalue weighted by atomic mass is 19.4. The summed E-state index contributed by atoms with van der Waals surface area (Å²) in [6.45, 7) is -1.06. The van der Waals surface area contributed by atoms with Crippen LogP contribution in [-0.4, -0.2) is 51.9 Å². The number of aliphatic hydroxyl groups excluding tert-OH is 2. The Balaban J connectivity index is 3.68. The zero-order chi connectivity index (χ0) is 30.5. The van der Waals surface area contributed by atoms with Crippen molar-refractivity contribution in [3.05, 3.63) is 40.7 Å². The molecule has 20 heteroatoms.